The van der Waals surface area contributed by atoms with Gasteiger partial charge in [0.15, 0.2) is 6.04 Å². The van der Waals surface area contributed by atoms with Crippen molar-refractivity contribution in [2.75, 3.05) is 25.7 Å². The van der Waals surface area contributed by atoms with E-state index in [1.807, 2.05) is 13.2 Å². The first-order chi connectivity index (χ1) is 7.43. The van der Waals surface area contributed by atoms with Crippen LogP contribution in [0.5, 0.6) is 0 Å². The highest BCUT2D eigenvalue weighted by Gasteiger charge is 2.22. The molecule has 0 aliphatic carbocycles. The number of carboxylic acid groups (broad SMARTS) is 1. The van der Waals surface area contributed by atoms with Crippen LogP contribution in [0, 0.1) is 0 Å². The normalized spacial score (nSPS) is 14.0. The van der Waals surface area contributed by atoms with Crippen molar-refractivity contribution < 1.29 is 19.8 Å². The van der Waals surface area contributed by atoms with Gasteiger partial charge in [0.05, 0.1) is 6.61 Å². The summed E-state index contributed by atoms with van der Waals surface area (Å²) in [6.07, 6.45) is 1.93. The molecule has 0 saturated heterocycles. The standard InChI is InChI=1S/C9H18N2O4S/c1-6(5-16-3)11(2)9(15)10-7(4-12)8(13)14/h6-7,12H,4-5H2,1-3H3,(H,10,15)(H,13,14)/t6?,7-/m1/s1. The molecule has 0 aromatic heterocycles. The summed E-state index contributed by atoms with van der Waals surface area (Å²) in [5.74, 6) is -0.484. The molecule has 0 radical (unpaired) electrons. The molecule has 0 heterocycles. The molecule has 0 aliphatic heterocycles. The van der Waals surface area contributed by atoms with E-state index in [9.17, 15) is 9.59 Å². The number of urea groups is 1. The number of aliphatic carboxylic acids is 1. The third-order valence-electron chi connectivity index (χ3n) is 2.17. The van der Waals surface area contributed by atoms with Crippen molar-refractivity contribution in [3.8, 4) is 0 Å². The highest BCUT2D eigenvalue weighted by atomic mass is 32.2. The number of nitrogens with one attached hydrogen (secondary N) is 1. The Bertz CT molecular complexity index is 250. The summed E-state index contributed by atoms with van der Waals surface area (Å²) < 4.78 is 0. The van der Waals surface area contributed by atoms with Crippen LogP contribution in [0.25, 0.3) is 0 Å². The number of carbonyl (C=O) groups excluding carboxylic acids is 1. The van der Waals surface area contributed by atoms with Gasteiger partial charge in [0.1, 0.15) is 0 Å². The first-order valence-electron chi connectivity index (χ1n) is 4.80. The molecule has 0 spiro atoms. The summed E-state index contributed by atoms with van der Waals surface area (Å²) in [5.41, 5.74) is 0. The topological polar surface area (TPSA) is 89.9 Å². The van der Waals surface area contributed by atoms with E-state index in [0.717, 1.165) is 5.75 Å². The molecule has 0 saturated carbocycles. The molecule has 7 heteroatoms. The fraction of sp³-hybridized carbons (Fsp3) is 0.778. The van der Waals surface area contributed by atoms with Gasteiger partial charge < -0.3 is 20.4 Å². The van der Waals surface area contributed by atoms with Crippen LogP contribution in [0.2, 0.25) is 0 Å². The van der Waals surface area contributed by atoms with Crippen molar-refractivity contribution in [3.63, 3.8) is 0 Å². The number of thioether (sulfide) groups is 1. The highest BCUT2D eigenvalue weighted by molar-refractivity contribution is 7.98. The number of amides is 2. The van der Waals surface area contributed by atoms with Gasteiger partial charge in [0.2, 0.25) is 0 Å². The minimum Gasteiger partial charge on any atom is -0.480 e. The third-order valence-corrected chi connectivity index (χ3v) is 2.98. The zero-order valence-corrected chi connectivity index (χ0v) is 10.5. The van der Waals surface area contributed by atoms with Gasteiger partial charge in [-0.2, -0.15) is 11.8 Å². The maximum atomic E-state index is 11.6. The Morgan fingerprint density at radius 3 is 2.44 bits per heavy atom. The first-order valence-corrected chi connectivity index (χ1v) is 6.19. The Morgan fingerprint density at radius 1 is 1.50 bits per heavy atom. The zero-order valence-electron chi connectivity index (χ0n) is 9.64. The Hall–Kier alpha value is -0.950. The Labute approximate surface area is 99.0 Å². The minimum absolute atomic E-state index is 0.00291. The molecule has 0 rings (SSSR count). The summed E-state index contributed by atoms with van der Waals surface area (Å²) in [4.78, 5) is 23.6. The lowest BCUT2D eigenvalue weighted by atomic mass is 10.3. The second kappa shape index (κ2) is 7.34. The van der Waals surface area contributed by atoms with E-state index in [1.54, 1.807) is 18.8 Å². The summed E-state index contributed by atoms with van der Waals surface area (Å²) in [6.45, 7) is 1.25. The van der Waals surface area contributed by atoms with Gasteiger partial charge in [-0.15, -0.1) is 0 Å². The second-order valence-electron chi connectivity index (χ2n) is 3.44. The van der Waals surface area contributed by atoms with Gasteiger partial charge in [-0.3, -0.25) is 0 Å². The molecule has 1 unspecified atom stereocenters. The van der Waals surface area contributed by atoms with E-state index < -0.39 is 24.6 Å². The molecular weight excluding hydrogens is 232 g/mol. The van der Waals surface area contributed by atoms with E-state index in [4.69, 9.17) is 10.2 Å². The molecule has 0 aromatic carbocycles. The fourth-order valence-corrected chi connectivity index (χ4v) is 1.70. The first kappa shape index (κ1) is 15.0. The molecule has 2 atom stereocenters. The zero-order chi connectivity index (χ0) is 12.7. The van der Waals surface area contributed by atoms with Crippen LogP contribution in [0.1, 0.15) is 6.92 Å². The van der Waals surface area contributed by atoms with Crippen molar-refractivity contribution >= 4 is 23.8 Å². The van der Waals surface area contributed by atoms with Crippen molar-refractivity contribution in [1.82, 2.24) is 10.2 Å². The summed E-state index contributed by atoms with van der Waals surface area (Å²) in [5, 5.41) is 19.6. The lowest BCUT2D eigenvalue weighted by Gasteiger charge is -2.25. The molecule has 0 aliphatic rings. The van der Waals surface area contributed by atoms with Crippen molar-refractivity contribution in [3.05, 3.63) is 0 Å². The number of aliphatic hydroxyl groups excluding tert-OH is 1. The Kier molecular flexibility index (Phi) is 6.91. The molecule has 94 valence electrons. The van der Waals surface area contributed by atoms with Crippen LogP contribution in [-0.4, -0.2) is 64.9 Å². The molecule has 0 bridgehead atoms. The molecule has 0 aromatic rings. The van der Waals surface area contributed by atoms with Crippen LogP contribution in [0.4, 0.5) is 4.79 Å². The average Bonchev–Trinajstić information content (AvgIpc) is 2.24. The van der Waals surface area contributed by atoms with Gasteiger partial charge in [0, 0.05) is 18.8 Å². The van der Waals surface area contributed by atoms with Crippen molar-refractivity contribution in [2.24, 2.45) is 0 Å². The van der Waals surface area contributed by atoms with Crippen LogP contribution >= 0.6 is 11.8 Å². The molecule has 2 amide bonds. The van der Waals surface area contributed by atoms with Crippen molar-refractivity contribution in [1.29, 1.82) is 0 Å². The van der Waals surface area contributed by atoms with Gasteiger partial charge in [0.25, 0.3) is 0 Å². The van der Waals surface area contributed by atoms with Gasteiger partial charge in [-0.1, -0.05) is 0 Å². The average molecular weight is 250 g/mol. The lowest BCUT2D eigenvalue weighted by Crippen LogP contribution is -2.51. The summed E-state index contributed by atoms with van der Waals surface area (Å²) in [7, 11) is 1.59. The molecule has 16 heavy (non-hydrogen) atoms. The lowest BCUT2D eigenvalue weighted by molar-refractivity contribution is -0.140. The number of aliphatic hydroxyl groups is 1. The maximum Gasteiger partial charge on any atom is 0.328 e. The number of hydrogen-bond acceptors (Lipinski definition) is 4. The van der Waals surface area contributed by atoms with Crippen LogP contribution in [0.3, 0.4) is 0 Å². The fourth-order valence-electron chi connectivity index (χ4n) is 0.990. The van der Waals surface area contributed by atoms with E-state index in [1.165, 1.54) is 4.90 Å². The van der Waals surface area contributed by atoms with E-state index in [-0.39, 0.29) is 6.04 Å². The number of carbonyl (C=O) groups is 2. The third kappa shape index (κ3) is 4.71. The highest BCUT2D eigenvalue weighted by Crippen LogP contribution is 2.03. The van der Waals surface area contributed by atoms with Crippen LogP contribution < -0.4 is 5.32 Å². The largest absolute Gasteiger partial charge is 0.480 e. The van der Waals surface area contributed by atoms with E-state index >= 15 is 0 Å². The number of nitrogens with zero attached hydrogens (tertiary/aromatic N) is 1. The van der Waals surface area contributed by atoms with Crippen molar-refractivity contribution in [2.45, 2.75) is 19.0 Å². The Morgan fingerprint density at radius 2 is 2.06 bits per heavy atom. The number of hydrogen-bond donors (Lipinski definition) is 3. The summed E-state index contributed by atoms with van der Waals surface area (Å²) >= 11 is 1.60. The van der Waals surface area contributed by atoms with Gasteiger partial charge >= 0.3 is 12.0 Å². The predicted molar refractivity (Wildman–Crippen MR) is 62.6 cm³/mol. The van der Waals surface area contributed by atoms with E-state index in [0.29, 0.717) is 0 Å². The smallest absolute Gasteiger partial charge is 0.328 e. The molecule has 0 fully saturated rings. The minimum atomic E-state index is -1.25. The Balaban J connectivity index is 4.28. The van der Waals surface area contributed by atoms with Gasteiger partial charge in [-0.05, 0) is 13.2 Å². The SMILES string of the molecule is CSCC(C)N(C)C(=O)N[C@H](CO)C(=O)O. The predicted octanol–water partition coefficient (Wildman–Crippen LogP) is -0.175. The molecule has 6 nitrogen and oxygen atoms in total. The maximum absolute atomic E-state index is 11.6. The monoisotopic (exact) mass is 250 g/mol. The quantitative estimate of drug-likeness (QED) is 0.608. The van der Waals surface area contributed by atoms with E-state index in [2.05, 4.69) is 5.32 Å². The number of rotatable bonds is 6. The second-order valence-corrected chi connectivity index (χ2v) is 4.35. The van der Waals surface area contributed by atoms with Gasteiger partial charge in [-0.25, -0.2) is 9.59 Å². The molecule has 3 N–H and O–H groups in total. The summed E-state index contributed by atoms with van der Waals surface area (Å²) in [6, 6.07) is -1.75. The number of carboxylic acids is 1. The van der Waals surface area contributed by atoms with Crippen LogP contribution in [0.15, 0.2) is 0 Å². The molecular formula is C9H18N2O4S. The van der Waals surface area contributed by atoms with Crippen LogP contribution in [-0.2, 0) is 4.79 Å².